The van der Waals surface area contributed by atoms with Crippen LogP contribution in [0.2, 0.25) is 10.0 Å². The van der Waals surface area contributed by atoms with Crippen molar-refractivity contribution < 1.29 is 4.74 Å². The van der Waals surface area contributed by atoms with Crippen molar-refractivity contribution in [3.8, 4) is 0 Å². The molecule has 0 fully saturated rings. The fraction of sp³-hybridized carbons (Fsp3) is 0.500. The highest BCUT2D eigenvalue weighted by Gasteiger charge is 2.05. The van der Waals surface area contributed by atoms with Gasteiger partial charge in [0.25, 0.3) is 0 Å². The molecule has 1 aromatic rings. The zero-order valence-electron chi connectivity index (χ0n) is 9.59. The van der Waals surface area contributed by atoms with Crippen molar-refractivity contribution in [2.45, 2.75) is 25.9 Å². The first-order valence-corrected chi connectivity index (χ1v) is 6.09. The second kappa shape index (κ2) is 7.13. The van der Waals surface area contributed by atoms with E-state index in [1.807, 2.05) is 18.2 Å². The lowest BCUT2D eigenvalue weighted by Gasteiger charge is -2.16. The number of methoxy groups -OCH3 is 1. The van der Waals surface area contributed by atoms with Gasteiger partial charge >= 0.3 is 0 Å². The van der Waals surface area contributed by atoms with Gasteiger partial charge in [-0.15, -0.1) is 0 Å². The van der Waals surface area contributed by atoms with Crippen molar-refractivity contribution in [1.82, 2.24) is 5.32 Å². The summed E-state index contributed by atoms with van der Waals surface area (Å²) >= 11 is 11.8. The maximum Gasteiger partial charge on any atom is 0.0615 e. The summed E-state index contributed by atoms with van der Waals surface area (Å²) in [6.07, 6.45) is 1.04. The molecule has 0 aliphatic carbocycles. The molecule has 0 bridgehead atoms. The van der Waals surface area contributed by atoms with Crippen molar-refractivity contribution in [3.63, 3.8) is 0 Å². The number of rotatable bonds is 6. The highest BCUT2D eigenvalue weighted by Crippen LogP contribution is 2.22. The van der Waals surface area contributed by atoms with E-state index in [2.05, 4.69) is 12.2 Å². The van der Waals surface area contributed by atoms with Gasteiger partial charge in [-0.2, -0.15) is 0 Å². The first kappa shape index (κ1) is 13.8. The lowest BCUT2D eigenvalue weighted by atomic mass is 10.2. The molecule has 2 nitrogen and oxygen atoms in total. The first-order chi connectivity index (χ1) is 7.67. The maximum atomic E-state index is 5.94. The summed E-state index contributed by atoms with van der Waals surface area (Å²) in [4.78, 5) is 0. The molecule has 1 unspecified atom stereocenters. The zero-order chi connectivity index (χ0) is 12.0. The lowest BCUT2D eigenvalue weighted by molar-refractivity contribution is 0.164. The van der Waals surface area contributed by atoms with E-state index in [-0.39, 0.29) is 0 Å². The Hall–Kier alpha value is -0.280. The average Bonchev–Trinajstić information content (AvgIpc) is 2.28. The van der Waals surface area contributed by atoms with Gasteiger partial charge in [-0.1, -0.05) is 36.2 Å². The third-order valence-electron chi connectivity index (χ3n) is 2.44. The van der Waals surface area contributed by atoms with Crippen LogP contribution in [0.15, 0.2) is 18.2 Å². The van der Waals surface area contributed by atoms with Gasteiger partial charge in [-0.3, -0.25) is 0 Å². The van der Waals surface area contributed by atoms with E-state index in [0.29, 0.717) is 16.1 Å². The lowest BCUT2D eigenvalue weighted by Crippen LogP contribution is -2.31. The van der Waals surface area contributed by atoms with Gasteiger partial charge in [0.2, 0.25) is 0 Å². The van der Waals surface area contributed by atoms with Gasteiger partial charge in [0.15, 0.2) is 0 Å². The van der Waals surface area contributed by atoms with E-state index in [1.54, 1.807) is 7.11 Å². The van der Waals surface area contributed by atoms with Crippen LogP contribution in [0.25, 0.3) is 0 Å². The first-order valence-electron chi connectivity index (χ1n) is 5.33. The predicted molar refractivity (Wildman–Crippen MR) is 69.3 cm³/mol. The summed E-state index contributed by atoms with van der Waals surface area (Å²) in [5.74, 6) is 0. The van der Waals surface area contributed by atoms with Crippen LogP contribution in [0.3, 0.4) is 0 Å². The van der Waals surface area contributed by atoms with Gasteiger partial charge in [0, 0.05) is 19.7 Å². The van der Waals surface area contributed by atoms with Crippen LogP contribution in [0.1, 0.15) is 18.9 Å². The van der Waals surface area contributed by atoms with Crippen molar-refractivity contribution in [2.24, 2.45) is 0 Å². The largest absolute Gasteiger partial charge is 0.383 e. The monoisotopic (exact) mass is 261 g/mol. The molecule has 0 aromatic heterocycles. The van der Waals surface area contributed by atoms with E-state index in [4.69, 9.17) is 27.9 Å². The van der Waals surface area contributed by atoms with Crippen molar-refractivity contribution in [2.75, 3.05) is 13.7 Å². The highest BCUT2D eigenvalue weighted by atomic mass is 35.5. The minimum absolute atomic E-state index is 0.374. The number of ether oxygens (including phenoxy) is 1. The quantitative estimate of drug-likeness (QED) is 0.847. The summed E-state index contributed by atoms with van der Waals surface area (Å²) in [5.41, 5.74) is 1.13. The predicted octanol–water partition coefficient (Wildman–Crippen LogP) is 3.51. The van der Waals surface area contributed by atoms with Crippen LogP contribution in [0.4, 0.5) is 0 Å². The van der Waals surface area contributed by atoms with Crippen molar-refractivity contribution >= 4 is 23.2 Å². The third-order valence-corrected chi connectivity index (χ3v) is 3.18. The molecule has 0 saturated carbocycles. The van der Waals surface area contributed by atoms with Gasteiger partial charge in [-0.05, 0) is 24.1 Å². The molecule has 1 aromatic carbocycles. The van der Waals surface area contributed by atoms with E-state index >= 15 is 0 Å². The van der Waals surface area contributed by atoms with Crippen molar-refractivity contribution in [1.29, 1.82) is 0 Å². The molecule has 90 valence electrons. The van der Waals surface area contributed by atoms with Crippen LogP contribution < -0.4 is 5.32 Å². The Morgan fingerprint density at radius 3 is 2.62 bits per heavy atom. The SMILES string of the molecule is CCC(COC)NCc1ccc(Cl)c(Cl)c1. The Balaban J connectivity index is 2.50. The van der Waals surface area contributed by atoms with Crippen LogP contribution >= 0.6 is 23.2 Å². The number of nitrogens with one attached hydrogen (secondary N) is 1. The Morgan fingerprint density at radius 2 is 2.06 bits per heavy atom. The van der Waals surface area contributed by atoms with Crippen LogP contribution in [0, 0.1) is 0 Å². The topological polar surface area (TPSA) is 21.3 Å². The van der Waals surface area contributed by atoms with Gasteiger partial charge in [0.1, 0.15) is 0 Å². The molecule has 0 radical (unpaired) electrons. The fourth-order valence-electron chi connectivity index (χ4n) is 1.43. The molecule has 0 amide bonds. The third kappa shape index (κ3) is 4.30. The van der Waals surface area contributed by atoms with E-state index < -0.39 is 0 Å². The molecule has 0 aliphatic rings. The summed E-state index contributed by atoms with van der Waals surface area (Å²) in [6, 6.07) is 6.05. The fourth-order valence-corrected chi connectivity index (χ4v) is 1.75. The molecule has 0 heterocycles. The maximum absolute atomic E-state index is 5.94. The molecular formula is C12H17Cl2NO. The summed E-state index contributed by atoms with van der Waals surface area (Å²) in [7, 11) is 1.71. The number of halogens is 2. The molecular weight excluding hydrogens is 245 g/mol. The molecule has 0 saturated heterocycles. The van der Waals surface area contributed by atoms with Gasteiger partial charge < -0.3 is 10.1 Å². The molecule has 16 heavy (non-hydrogen) atoms. The van der Waals surface area contributed by atoms with E-state index in [1.165, 1.54) is 0 Å². The molecule has 0 spiro atoms. The Morgan fingerprint density at radius 1 is 1.31 bits per heavy atom. The number of hydrogen-bond acceptors (Lipinski definition) is 2. The van der Waals surface area contributed by atoms with Crippen LogP contribution in [0.5, 0.6) is 0 Å². The standard InChI is InChI=1S/C12H17Cl2NO/c1-3-10(8-16-2)15-7-9-4-5-11(13)12(14)6-9/h4-6,10,15H,3,7-8H2,1-2H3. The second-order valence-electron chi connectivity index (χ2n) is 3.69. The molecule has 0 aliphatic heterocycles. The summed E-state index contributed by atoms with van der Waals surface area (Å²) in [5, 5.41) is 4.60. The molecule has 4 heteroatoms. The highest BCUT2D eigenvalue weighted by molar-refractivity contribution is 6.42. The number of benzene rings is 1. The van der Waals surface area contributed by atoms with Gasteiger partial charge in [0.05, 0.1) is 16.7 Å². The average molecular weight is 262 g/mol. The Bertz CT molecular complexity index is 331. The smallest absolute Gasteiger partial charge is 0.0615 e. The van der Waals surface area contributed by atoms with Gasteiger partial charge in [-0.25, -0.2) is 0 Å². The number of hydrogen-bond donors (Lipinski definition) is 1. The second-order valence-corrected chi connectivity index (χ2v) is 4.50. The Kier molecular flexibility index (Phi) is 6.14. The molecule has 1 atom stereocenters. The van der Waals surface area contributed by atoms with E-state index in [9.17, 15) is 0 Å². The Labute approximate surface area is 107 Å². The van der Waals surface area contributed by atoms with Crippen LogP contribution in [-0.4, -0.2) is 19.8 Å². The van der Waals surface area contributed by atoms with Crippen LogP contribution in [-0.2, 0) is 11.3 Å². The minimum atomic E-state index is 0.374. The zero-order valence-corrected chi connectivity index (χ0v) is 11.1. The summed E-state index contributed by atoms with van der Waals surface area (Å²) < 4.78 is 5.12. The normalized spacial score (nSPS) is 12.8. The molecule has 1 rings (SSSR count). The summed E-state index contributed by atoms with van der Waals surface area (Å²) in [6.45, 7) is 3.63. The molecule has 1 N–H and O–H groups in total. The van der Waals surface area contributed by atoms with Crippen molar-refractivity contribution in [3.05, 3.63) is 33.8 Å². The minimum Gasteiger partial charge on any atom is -0.383 e. The van der Waals surface area contributed by atoms with E-state index in [0.717, 1.165) is 25.1 Å².